The summed E-state index contributed by atoms with van der Waals surface area (Å²) in [5.74, 6) is 1.69. The molecular formula is C24H24N4OS2. The van der Waals surface area contributed by atoms with Gasteiger partial charge in [-0.3, -0.25) is 4.90 Å². The Bertz CT molecular complexity index is 1140. The topological polar surface area (TPSA) is 51.1 Å². The van der Waals surface area contributed by atoms with Crippen molar-refractivity contribution in [2.45, 2.75) is 23.7 Å². The molecule has 1 aliphatic rings. The monoisotopic (exact) mass is 448 g/mol. The van der Waals surface area contributed by atoms with Crippen molar-refractivity contribution in [1.29, 1.82) is 0 Å². The fraction of sp³-hybridized carbons (Fsp3) is 0.292. The summed E-state index contributed by atoms with van der Waals surface area (Å²) in [5.41, 5.74) is 3.41. The number of nitrogens with zero attached hydrogens (tertiary/aromatic N) is 4. The van der Waals surface area contributed by atoms with E-state index in [2.05, 4.69) is 52.7 Å². The fourth-order valence-electron chi connectivity index (χ4n) is 3.64. The van der Waals surface area contributed by atoms with Crippen molar-refractivity contribution in [2.24, 2.45) is 0 Å². The van der Waals surface area contributed by atoms with Crippen molar-refractivity contribution >= 4 is 34.0 Å². The van der Waals surface area contributed by atoms with Gasteiger partial charge in [0, 0.05) is 36.0 Å². The van der Waals surface area contributed by atoms with Crippen LogP contribution in [-0.4, -0.2) is 46.2 Å². The minimum absolute atomic E-state index is 0.764. The third-order valence-corrected chi connectivity index (χ3v) is 7.16. The molecule has 0 radical (unpaired) electrons. The Morgan fingerprint density at radius 3 is 2.61 bits per heavy atom. The lowest BCUT2D eigenvalue weighted by Gasteiger charge is -2.25. The molecule has 1 aliphatic heterocycles. The van der Waals surface area contributed by atoms with Crippen LogP contribution in [0.15, 0.2) is 65.0 Å². The largest absolute Gasteiger partial charge is 0.379 e. The van der Waals surface area contributed by atoms with Gasteiger partial charge >= 0.3 is 0 Å². The molecule has 0 aliphatic carbocycles. The molecule has 0 N–H and O–H groups in total. The summed E-state index contributed by atoms with van der Waals surface area (Å²) in [6.07, 6.45) is 0.885. The number of benzene rings is 2. The average Bonchev–Trinajstić information content (AvgIpc) is 3.26. The molecule has 2 aromatic heterocycles. The summed E-state index contributed by atoms with van der Waals surface area (Å²) >= 11 is 3.48. The van der Waals surface area contributed by atoms with E-state index in [0.717, 1.165) is 77.5 Å². The highest BCUT2D eigenvalue weighted by atomic mass is 32.2. The summed E-state index contributed by atoms with van der Waals surface area (Å²) < 4.78 is 5.47. The van der Waals surface area contributed by atoms with Crippen LogP contribution in [0, 0.1) is 0 Å². The molecule has 5 nitrogen and oxygen atoms in total. The van der Waals surface area contributed by atoms with E-state index in [0.29, 0.717) is 0 Å². The molecule has 1 saturated heterocycles. The average molecular weight is 449 g/mol. The Kier molecular flexibility index (Phi) is 6.55. The van der Waals surface area contributed by atoms with Crippen molar-refractivity contribution in [3.8, 4) is 0 Å². The molecular weight excluding hydrogens is 424 g/mol. The van der Waals surface area contributed by atoms with Gasteiger partial charge in [-0.05, 0) is 11.6 Å². The van der Waals surface area contributed by atoms with Crippen LogP contribution >= 0.6 is 23.1 Å². The van der Waals surface area contributed by atoms with E-state index in [-0.39, 0.29) is 0 Å². The Morgan fingerprint density at radius 1 is 0.935 bits per heavy atom. The van der Waals surface area contributed by atoms with Gasteiger partial charge in [0.1, 0.15) is 10.9 Å². The second kappa shape index (κ2) is 9.87. The van der Waals surface area contributed by atoms with E-state index in [1.165, 1.54) is 5.56 Å². The molecule has 0 atom stereocenters. The zero-order chi connectivity index (χ0) is 20.9. The maximum absolute atomic E-state index is 5.47. The first-order chi connectivity index (χ1) is 15.3. The van der Waals surface area contributed by atoms with E-state index >= 15 is 0 Å². The van der Waals surface area contributed by atoms with Crippen molar-refractivity contribution in [3.05, 3.63) is 82.1 Å². The van der Waals surface area contributed by atoms with Gasteiger partial charge in [-0.25, -0.2) is 15.0 Å². The quantitative estimate of drug-likeness (QED) is 0.299. The van der Waals surface area contributed by atoms with Crippen LogP contribution in [-0.2, 0) is 23.5 Å². The number of para-hydroxylation sites is 1. The lowest BCUT2D eigenvalue weighted by atomic mass is 10.2. The molecule has 1 fully saturated rings. The summed E-state index contributed by atoms with van der Waals surface area (Å²) in [5, 5.41) is 5.47. The van der Waals surface area contributed by atoms with Crippen LogP contribution < -0.4 is 0 Å². The highest BCUT2D eigenvalue weighted by Gasteiger charge is 2.15. The van der Waals surface area contributed by atoms with E-state index < -0.39 is 0 Å². The molecule has 4 aromatic rings. The van der Waals surface area contributed by atoms with E-state index in [9.17, 15) is 0 Å². The van der Waals surface area contributed by atoms with Crippen molar-refractivity contribution in [2.75, 3.05) is 26.3 Å². The number of aromatic nitrogens is 3. The predicted molar refractivity (Wildman–Crippen MR) is 127 cm³/mol. The molecule has 2 aromatic carbocycles. The van der Waals surface area contributed by atoms with Gasteiger partial charge in [0.05, 0.1) is 36.0 Å². The van der Waals surface area contributed by atoms with Gasteiger partial charge in [-0.2, -0.15) is 0 Å². The molecule has 31 heavy (non-hydrogen) atoms. The van der Waals surface area contributed by atoms with Gasteiger partial charge in [0.25, 0.3) is 0 Å². The minimum atomic E-state index is 0.764. The summed E-state index contributed by atoms with van der Waals surface area (Å²) in [7, 11) is 0. The third kappa shape index (κ3) is 5.30. The fourth-order valence-corrected chi connectivity index (χ4v) is 5.51. The lowest BCUT2D eigenvalue weighted by Crippen LogP contribution is -2.36. The van der Waals surface area contributed by atoms with Gasteiger partial charge in [0.2, 0.25) is 0 Å². The van der Waals surface area contributed by atoms with Crippen LogP contribution in [0.3, 0.4) is 0 Å². The first-order valence-electron chi connectivity index (χ1n) is 10.5. The number of hydrogen-bond acceptors (Lipinski definition) is 7. The Morgan fingerprint density at radius 2 is 1.74 bits per heavy atom. The maximum atomic E-state index is 5.47. The number of thioether (sulfide) groups is 1. The molecule has 0 spiro atoms. The number of fused-ring (bicyclic) bond motifs is 1. The van der Waals surface area contributed by atoms with Crippen molar-refractivity contribution in [3.63, 3.8) is 0 Å². The number of ether oxygens (including phenoxy) is 1. The Balaban J connectivity index is 1.31. The third-order valence-electron chi connectivity index (χ3n) is 5.24. The molecule has 0 bridgehead atoms. The molecule has 0 unspecified atom stereocenters. The molecule has 0 saturated carbocycles. The standard InChI is InChI=1S/C24H24N4OS2/c1-2-6-18(7-3-1)14-23-25-19(16-30-23)17-31-24-20-8-4-5-9-21(20)26-22(27-24)15-28-10-12-29-13-11-28/h1-9,16H,10-15,17H2. The number of morpholine rings is 1. The second-order valence-corrected chi connectivity index (χ2v) is 9.44. The predicted octanol–water partition coefficient (Wildman–Crippen LogP) is 4.80. The van der Waals surface area contributed by atoms with Crippen LogP contribution in [0.2, 0.25) is 0 Å². The molecule has 158 valence electrons. The van der Waals surface area contributed by atoms with Crippen LogP contribution in [0.1, 0.15) is 22.1 Å². The first-order valence-corrected chi connectivity index (χ1v) is 12.4. The van der Waals surface area contributed by atoms with Gasteiger partial charge in [-0.1, -0.05) is 60.3 Å². The number of thiazole rings is 1. The van der Waals surface area contributed by atoms with Crippen LogP contribution in [0.25, 0.3) is 10.9 Å². The highest BCUT2D eigenvalue weighted by molar-refractivity contribution is 7.98. The van der Waals surface area contributed by atoms with Crippen LogP contribution in [0.5, 0.6) is 0 Å². The highest BCUT2D eigenvalue weighted by Crippen LogP contribution is 2.29. The minimum Gasteiger partial charge on any atom is -0.379 e. The number of rotatable bonds is 7. The van der Waals surface area contributed by atoms with E-state index in [1.807, 2.05) is 12.1 Å². The van der Waals surface area contributed by atoms with Gasteiger partial charge < -0.3 is 4.74 Å². The number of hydrogen-bond donors (Lipinski definition) is 0. The Hall–Kier alpha value is -2.32. The zero-order valence-electron chi connectivity index (χ0n) is 17.2. The van der Waals surface area contributed by atoms with Crippen molar-refractivity contribution < 1.29 is 4.74 Å². The second-order valence-electron chi connectivity index (χ2n) is 7.53. The van der Waals surface area contributed by atoms with E-state index in [4.69, 9.17) is 19.7 Å². The van der Waals surface area contributed by atoms with Gasteiger partial charge in [-0.15, -0.1) is 11.3 Å². The SMILES string of the molecule is c1ccc(Cc2nc(CSc3nc(CN4CCOCC4)nc4ccccc34)cs2)cc1. The lowest BCUT2D eigenvalue weighted by molar-refractivity contribution is 0.0330. The molecule has 0 amide bonds. The summed E-state index contributed by atoms with van der Waals surface area (Å²) in [6.45, 7) is 4.19. The summed E-state index contributed by atoms with van der Waals surface area (Å²) in [4.78, 5) is 17.0. The zero-order valence-corrected chi connectivity index (χ0v) is 18.9. The van der Waals surface area contributed by atoms with Gasteiger partial charge in [0.15, 0.2) is 0 Å². The maximum Gasteiger partial charge on any atom is 0.144 e. The van der Waals surface area contributed by atoms with Crippen molar-refractivity contribution in [1.82, 2.24) is 19.9 Å². The Labute approximate surface area is 190 Å². The normalized spacial score (nSPS) is 14.8. The first kappa shape index (κ1) is 20.6. The molecule has 3 heterocycles. The van der Waals surface area contributed by atoms with Crippen LogP contribution in [0.4, 0.5) is 0 Å². The summed E-state index contributed by atoms with van der Waals surface area (Å²) in [6, 6.07) is 18.8. The molecule has 7 heteroatoms. The smallest absolute Gasteiger partial charge is 0.144 e. The van der Waals surface area contributed by atoms with E-state index in [1.54, 1.807) is 23.1 Å². The molecule has 5 rings (SSSR count).